The Bertz CT molecular complexity index is 1110. The molecule has 29 heavy (non-hydrogen) atoms. The minimum absolute atomic E-state index is 0.142. The van der Waals surface area contributed by atoms with E-state index in [1.54, 1.807) is 12.4 Å². The first-order valence-corrected chi connectivity index (χ1v) is 9.17. The number of aromatic nitrogens is 3. The van der Waals surface area contributed by atoms with Gasteiger partial charge >= 0.3 is 0 Å². The van der Waals surface area contributed by atoms with Crippen molar-refractivity contribution in [1.29, 1.82) is 0 Å². The van der Waals surface area contributed by atoms with Gasteiger partial charge in [-0.25, -0.2) is 9.97 Å². The van der Waals surface area contributed by atoms with E-state index in [9.17, 15) is 4.79 Å². The molecule has 0 atom stereocenters. The van der Waals surface area contributed by atoms with Gasteiger partial charge in [-0.2, -0.15) is 0 Å². The van der Waals surface area contributed by atoms with Crippen molar-refractivity contribution < 1.29 is 4.79 Å². The van der Waals surface area contributed by atoms with Crippen LogP contribution in [0.2, 0.25) is 0 Å². The fourth-order valence-corrected chi connectivity index (χ4v) is 2.75. The Morgan fingerprint density at radius 3 is 2.24 bits per heavy atom. The molecule has 4 aromatic rings. The second kappa shape index (κ2) is 8.31. The van der Waals surface area contributed by atoms with Gasteiger partial charge in [0.05, 0.1) is 11.4 Å². The maximum atomic E-state index is 12.3. The first-order chi connectivity index (χ1) is 14.2. The molecule has 6 heteroatoms. The van der Waals surface area contributed by atoms with Gasteiger partial charge in [-0.3, -0.25) is 9.78 Å². The highest BCUT2D eigenvalue weighted by Gasteiger charge is 2.07. The van der Waals surface area contributed by atoms with E-state index in [0.717, 1.165) is 22.6 Å². The van der Waals surface area contributed by atoms with Crippen molar-refractivity contribution in [1.82, 2.24) is 15.0 Å². The normalized spacial score (nSPS) is 10.4. The lowest BCUT2D eigenvalue weighted by molar-refractivity contribution is 0.102. The summed E-state index contributed by atoms with van der Waals surface area (Å²) in [4.78, 5) is 25.4. The molecule has 0 unspecified atom stereocenters. The number of nitrogens with one attached hydrogen (secondary N) is 2. The minimum Gasteiger partial charge on any atom is -0.324 e. The van der Waals surface area contributed by atoms with Crippen molar-refractivity contribution in [2.75, 3.05) is 10.6 Å². The average molecular weight is 381 g/mol. The Kier molecular flexibility index (Phi) is 5.25. The number of anilines is 3. The molecule has 0 aliphatic carbocycles. The largest absolute Gasteiger partial charge is 0.324 e. The Hall–Kier alpha value is -4.06. The molecule has 0 aliphatic heterocycles. The van der Waals surface area contributed by atoms with Crippen LogP contribution in [-0.2, 0) is 0 Å². The smallest absolute Gasteiger partial charge is 0.255 e. The SMILES string of the molecule is Cc1ccc(C(=O)Nc2ccc(Nc3nccc(-c4ccccn4)n3)cc2)cc1. The zero-order valence-corrected chi connectivity index (χ0v) is 15.8. The van der Waals surface area contributed by atoms with Crippen molar-refractivity contribution in [2.24, 2.45) is 0 Å². The van der Waals surface area contributed by atoms with E-state index in [4.69, 9.17) is 0 Å². The van der Waals surface area contributed by atoms with Gasteiger partial charge in [-0.05, 0) is 61.5 Å². The molecule has 0 bridgehead atoms. The fraction of sp³-hybridized carbons (Fsp3) is 0.0435. The monoisotopic (exact) mass is 381 g/mol. The van der Waals surface area contributed by atoms with Crippen molar-refractivity contribution in [3.05, 3.63) is 96.3 Å². The maximum Gasteiger partial charge on any atom is 0.255 e. The summed E-state index contributed by atoms with van der Waals surface area (Å²) in [5.74, 6) is 0.335. The molecule has 0 fully saturated rings. The lowest BCUT2D eigenvalue weighted by Gasteiger charge is -2.09. The zero-order chi connectivity index (χ0) is 20.1. The predicted octanol–water partition coefficient (Wildman–Crippen LogP) is 4.84. The van der Waals surface area contributed by atoms with E-state index in [0.29, 0.717) is 17.2 Å². The second-order valence-corrected chi connectivity index (χ2v) is 6.50. The summed E-state index contributed by atoms with van der Waals surface area (Å²) in [7, 11) is 0. The molecule has 0 saturated heterocycles. The number of carbonyl (C=O) groups excluding carboxylic acids is 1. The van der Waals surface area contributed by atoms with Gasteiger partial charge in [0, 0.05) is 29.3 Å². The highest BCUT2D eigenvalue weighted by Crippen LogP contribution is 2.19. The van der Waals surface area contributed by atoms with Crippen LogP contribution in [-0.4, -0.2) is 20.9 Å². The highest BCUT2D eigenvalue weighted by atomic mass is 16.1. The Balaban J connectivity index is 1.43. The third-order valence-corrected chi connectivity index (χ3v) is 4.30. The summed E-state index contributed by atoms with van der Waals surface area (Å²) >= 11 is 0. The van der Waals surface area contributed by atoms with Gasteiger partial charge in [-0.15, -0.1) is 0 Å². The molecule has 2 N–H and O–H groups in total. The Morgan fingerprint density at radius 1 is 0.759 bits per heavy atom. The van der Waals surface area contributed by atoms with Crippen LogP contribution < -0.4 is 10.6 Å². The van der Waals surface area contributed by atoms with Gasteiger partial charge in [0.2, 0.25) is 5.95 Å². The number of hydrogen-bond donors (Lipinski definition) is 2. The van der Waals surface area contributed by atoms with E-state index < -0.39 is 0 Å². The van der Waals surface area contributed by atoms with Crippen molar-refractivity contribution in [2.45, 2.75) is 6.92 Å². The van der Waals surface area contributed by atoms with Crippen molar-refractivity contribution in [3.63, 3.8) is 0 Å². The van der Waals surface area contributed by atoms with Gasteiger partial charge < -0.3 is 10.6 Å². The van der Waals surface area contributed by atoms with Crippen LogP contribution >= 0.6 is 0 Å². The number of amides is 1. The van der Waals surface area contributed by atoms with E-state index in [1.807, 2.05) is 79.7 Å². The molecule has 142 valence electrons. The number of benzene rings is 2. The minimum atomic E-state index is -0.142. The quantitative estimate of drug-likeness (QED) is 0.517. The van der Waals surface area contributed by atoms with Gasteiger partial charge in [0.25, 0.3) is 5.91 Å². The summed E-state index contributed by atoms with van der Waals surface area (Å²) in [5, 5.41) is 6.06. The lowest BCUT2D eigenvalue weighted by atomic mass is 10.1. The number of rotatable bonds is 5. The van der Waals surface area contributed by atoms with Gasteiger partial charge in [0.15, 0.2) is 0 Å². The molecular formula is C23H19N5O. The second-order valence-electron chi connectivity index (χ2n) is 6.50. The zero-order valence-electron chi connectivity index (χ0n) is 15.8. The summed E-state index contributed by atoms with van der Waals surface area (Å²) in [6, 6.07) is 22.3. The van der Waals surface area contributed by atoms with E-state index in [-0.39, 0.29) is 5.91 Å². The summed E-state index contributed by atoms with van der Waals surface area (Å²) in [6.45, 7) is 1.99. The Morgan fingerprint density at radius 2 is 1.52 bits per heavy atom. The van der Waals surface area contributed by atoms with E-state index in [2.05, 4.69) is 25.6 Å². The molecule has 0 radical (unpaired) electrons. The van der Waals surface area contributed by atoms with E-state index in [1.165, 1.54) is 0 Å². The number of pyridine rings is 1. The third kappa shape index (κ3) is 4.62. The molecule has 2 aromatic carbocycles. The topological polar surface area (TPSA) is 79.8 Å². The number of nitrogens with zero attached hydrogens (tertiary/aromatic N) is 3. The maximum absolute atomic E-state index is 12.3. The predicted molar refractivity (Wildman–Crippen MR) is 114 cm³/mol. The van der Waals surface area contributed by atoms with Crippen LogP contribution in [0.1, 0.15) is 15.9 Å². The standard InChI is InChI=1S/C23H19N5O/c1-16-5-7-17(8-6-16)22(29)26-18-9-11-19(12-10-18)27-23-25-15-13-21(28-23)20-4-2-3-14-24-20/h2-15H,1H3,(H,26,29)(H,25,27,28). The van der Waals surface area contributed by atoms with Crippen LogP contribution in [0.5, 0.6) is 0 Å². The number of hydrogen-bond acceptors (Lipinski definition) is 5. The average Bonchev–Trinajstić information content (AvgIpc) is 2.76. The van der Waals surface area contributed by atoms with Crippen molar-refractivity contribution >= 4 is 23.2 Å². The molecule has 4 rings (SSSR count). The van der Waals surface area contributed by atoms with E-state index >= 15 is 0 Å². The first-order valence-electron chi connectivity index (χ1n) is 9.17. The Labute approximate surface area is 168 Å². The lowest BCUT2D eigenvalue weighted by Crippen LogP contribution is -2.11. The first kappa shape index (κ1) is 18.3. The summed E-state index contributed by atoms with van der Waals surface area (Å²) in [5.41, 5.74) is 4.79. The molecule has 0 saturated carbocycles. The van der Waals surface area contributed by atoms with Crippen LogP contribution in [0, 0.1) is 6.92 Å². The molecule has 2 heterocycles. The molecular weight excluding hydrogens is 362 g/mol. The molecule has 6 nitrogen and oxygen atoms in total. The number of carbonyl (C=O) groups is 1. The van der Waals surface area contributed by atoms with Gasteiger partial charge in [-0.1, -0.05) is 23.8 Å². The highest BCUT2D eigenvalue weighted by molar-refractivity contribution is 6.04. The summed E-state index contributed by atoms with van der Waals surface area (Å²) in [6.07, 6.45) is 3.42. The van der Waals surface area contributed by atoms with Crippen LogP contribution in [0.25, 0.3) is 11.4 Å². The van der Waals surface area contributed by atoms with Crippen molar-refractivity contribution in [3.8, 4) is 11.4 Å². The molecule has 1 amide bonds. The summed E-state index contributed by atoms with van der Waals surface area (Å²) < 4.78 is 0. The molecule has 0 spiro atoms. The fourth-order valence-electron chi connectivity index (χ4n) is 2.75. The van der Waals surface area contributed by atoms with Crippen LogP contribution in [0.15, 0.2) is 85.2 Å². The molecule has 0 aliphatic rings. The van der Waals surface area contributed by atoms with Crippen LogP contribution in [0.3, 0.4) is 0 Å². The number of aryl methyl sites for hydroxylation is 1. The molecule has 2 aromatic heterocycles. The van der Waals surface area contributed by atoms with Gasteiger partial charge in [0.1, 0.15) is 0 Å². The third-order valence-electron chi connectivity index (χ3n) is 4.30. The van der Waals surface area contributed by atoms with Crippen LogP contribution in [0.4, 0.5) is 17.3 Å².